The van der Waals surface area contributed by atoms with Gasteiger partial charge in [-0.05, 0) is 37.5 Å². The zero-order valence-corrected chi connectivity index (χ0v) is 12.4. The van der Waals surface area contributed by atoms with Crippen molar-refractivity contribution >= 4 is 5.91 Å². The van der Waals surface area contributed by atoms with Gasteiger partial charge in [-0.25, -0.2) is 0 Å². The SMILES string of the molecule is CC(C)COC1CCN(CC(=O)NCC2CC2)CC1. The Balaban J connectivity index is 1.55. The van der Waals surface area contributed by atoms with Crippen molar-refractivity contribution in [2.24, 2.45) is 11.8 Å². The number of likely N-dealkylation sites (tertiary alicyclic amines) is 1. The molecule has 0 unspecified atom stereocenters. The summed E-state index contributed by atoms with van der Waals surface area (Å²) in [4.78, 5) is 14.0. The fourth-order valence-corrected chi connectivity index (χ4v) is 2.40. The minimum atomic E-state index is 0.188. The standard InChI is InChI=1S/C15H28N2O2/c1-12(2)11-19-14-5-7-17(8-6-14)10-15(18)16-9-13-3-4-13/h12-14H,3-11H2,1-2H3,(H,16,18). The summed E-state index contributed by atoms with van der Waals surface area (Å²) in [6, 6.07) is 0. The summed E-state index contributed by atoms with van der Waals surface area (Å²) in [7, 11) is 0. The van der Waals surface area contributed by atoms with E-state index >= 15 is 0 Å². The normalized spacial score (nSPS) is 21.8. The molecule has 0 spiro atoms. The van der Waals surface area contributed by atoms with Crippen LogP contribution < -0.4 is 5.32 Å². The maximum absolute atomic E-state index is 11.8. The lowest BCUT2D eigenvalue weighted by Gasteiger charge is -2.31. The molecule has 4 nitrogen and oxygen atoms in total. The summed E-state index contributed by atoms with van der Waals surface area (Å²) < 4.78 is 5.86. The van der Waals surface area contributed by atoms with E-state index < -0.39 is 0 Å². The van der Waals surface area contributed by atoms with Crippen molar-refractivity contribution in [1.82, 2.24) is 10.2 Å². The van der Waals surface area contributed by atoms with Crippen molar-refractivity contribution in [2.45, 2.75) is 45.6 Å². The number of nitrogens with zero attached hydrogens (tertiary/aromatic N) is 1. The number of ether oxygens (including phenoxy) is 1. The summed E-state index contributed by atoms with van der Waals surface area (Å²) in [5.74, 6) is 1.55. The smallest absolute Gasteiger partial charge is 0.234 e. The monoisotopic (exact) mass is 268 g/mol. The third-order valence-corrected chi connectivity index (χ3v) is 3.85. The first-order valence-electron chi connectivity index (χ1n) is 7.74. The molecule has 0 aromatic heterocycles. The Morgan fingerprint density at radius 1 is 1.26 bits per heavy atom. The quantitative estimate of drug-likeness (QED) is 0.763. The summed E-state index contributed by atoms with van der Waals surface area (Å²) in [6.45, 7) is 8.63. The van der Waals surface area contributed by atoms with Gasteiger partial charge in [0.15, 0.2) is 0 Å². The van der Waals surface area contributed by atoms with Gasteiger partial charge in [0.1, 0.15) is 0 Å². The van der Waals surface area contributed by atoms with Crippen molar-refractivity contribution in [3.05, 3.63) is 0 Å². The lowest BCUT2D eigenvalue weighted by Crippen LogP contribution is -2.43. The van der Waals surface area contributed by atoms with E-state index in [0.717, 1.165) is 45.0 Å². The van der Waals surface area contributed by atoms with Crippen LogP contribution in [0.15, 0.2) is 0 Å². The van der Waals surface area contributed by atoms with Gasteiger partial charge in [0.25, 0.3) is 0 Å². The van der Waals surface area contributed by atoms with Crippen LogP contribution in [-0.2, 0) is 9.53 Å². The van der Waals surface area contributed by atoms with Crippen molar-refractivity contribution in [2.75, 3.05) is 32.8 Å². The molecule has 4 heteroatoms. The maximum atomic E-state index is 11.8. The topological polar surface area (TPSA) is 41.6 Å². The first-order chi connectivity index (χ1) is 9.13. The van der Waals surface area contributed by atoms with Crippen LogP contribution in [0.1, 0.15) is 39.5 Å². The molecular weight excluding hydrogens is 240 g/mol. The van der Waals surface area contributed by atoms with E-state index in [-0.39, 0.29) is 5.91 Å². The highest BCUT2D eigenvalue weighted by Gasteiger charge is 2.24. The second-order valence-electron chi connectivity index (χ2n) is 6.45. The lowest BCUT2D eigenvalue weighted by molar-refractivity contribution is -0.123. The second kappa shape index (κ2) is 7.25. The Morgan fingerprint density at radius 2 is 1.95 bits per heavy atom. The third-order valence-electron chi connectivity index (χ3n) is 3.85. The number of rotatable bonds is 7. The molecule has 0 atom stereocenters. The summed E-state index contributed by atoms with van der Waals surface area (Å²) in [6.07, 6.45) is 5.09. The van der Waals surface area contributed by atoms with Crippen molar-refractivity contribution in [3.63, 3.8) is 0 Å². The van der Waals surface area contributed by atoms with Gasteiger partial charge in [0, 0.05) is 26.2 Å². The molecule has 2 fully saturated rings. The van der Waals surface area contributed by atoms with Crippen LogP contribution in [0.25, 0.3) is 0 Å². The van der Waals surface area contributed by atoms with Crippen LogP contribution in [0, 0.1) is 11.8 Å². The zero-order chi connectivity index (χ0) is 13.7. The fraction of sp³-hybridized carbons (Fsp3) is 0.933. The highest BCUT2D eigenvalue weighted by Crippen LogP contribution is 2.27. The molecule has 1 saturated carbocycles. The first-order valence-corrected chi connectivity index (χ1v) is 7.74. The average molecular weight is 268 g/mol. The fourth-order valence-electron chi connectivity index (χ4n) is 2.40. The van der Waals surface area contributed by atoms with Crippen LogP contribution in [0.5, 0.6) is 0 Å². The molecule has 1 saturated heterocycles. The number of piperidine rings is 1. The molecule has 2 aliphatic rings. The second-order valence-corrected chi connectivity index (χ2v) is 6.45. The highest BCUT2D eigenvalue weighted by molar-refractivity contribution is 5.78. The van der Waals surface area contributed by atoms with E-state index in [1.165, 1.54) is 12.8 Å². The van der Waals surface area contributed by atoms with Crippen LogP contribution in [0.4, 0.5) is 0 Å². The van der Waals surface area contributed by atoms with E-state index in [1.54, 1.807) is 0 Å². The summed E-state index contributed by atoms with van der Waals surface area (Å²) in [5, 5.41) is 3.03. The van der Waals surface area contributed by atoms with Crippen LogP contribution in [0.3, 0.4) is 0 Å². The summed E-state index contributed by atoms with van der Waals surface area (Å²) in [5.41, 5.74) is 0. The van der Waals surface area contributed by atoms with Gasteiger partial charge in [-0.2, -0.15) is 0 Å². The molecule has 1 heterocycles. The molecule has 0 bridgehead atoms. The Kier molecular flexibility index (Phi) is 5.64. The Hall–Kier alpha value is -0.610. The Morgan fingerprint density at radius 3 is 2.53 bits per heavy atom. The molecule has 1 amide bonds. The molecule has 0 aromatic carbocycles. The maximum Gasteiger partial charge on any atom is 0.234 e. The Labute approximate surface area is 116 Å². The summed E-state index contributed by atoms with van der Waals surface area (Å²) >= 11 is 0. The van der Waals surface area contributed by atoms with Gasteiger partial charge in [-0.15, -0.1) is 0 Å². The van der Waals surface area contributed by atoms with Gasteiger partial charge in [0.05, 0.1) is 12.6 Å². The van der Waals surface area contributed by atoms with Gasteiger partial charge in [-0.1, -0.05) is 13.8 Å². The predicted molar refractivity (Wildman–Crippen MR) is 76.0 cm³/mol. The molecule has 2 rings (SSSR count). The van der Waals surface area contributed by atoms with Crippen molar-refractivity contribution < 1.29 is 9.53 Å². The van der Waals surface area contributed by atoms with E-state index in [4.69, 9.17) is 4.74 Å². The molecule has 110 valence electrons. The Bertz CT molecular complexity index is 282. The third kappa shape index (κ3) is 5.91. The highest BCUT2D eigenvalue weighted by atomic mass is 16.5. The predicted octanol–water partition coefficient (Wildman–Crippen LogP) is 1.65. The molecule has 1 aliphatic carbocycles. The average Bonchev–Trinajstić information content (AvgIpc) is 3.19. The first kappa shape index (κ1) is 14.8. The van der Waals surface area contributed by atoms with E-state index in [0.29, 0.717) is 18.6 Å². The molecular formula is C15H28N2O2. The largest absolute Gasteiger partial charge is 0.378 e. The minimum Gasteiger partial charge on any atom is -0.378 e. The van der Waals surface area contributed by atoms with Crippen molar-refractivity contribution in [1.29, 1.82) is 0 Å². The lowest BCUT2D eigenvalue weighted by atomic mass is 10.1. The van der Waals surface area contributed by atoms with E-state index in [1.807, 2.05) is 0 Å². The van der Waals surface area contributed by atoms with Crippen LogP contribution >= 0.6 is 0 Å². The van der Waals surface area contributed by atoms with Gasteiger partial charge >= 0.3 is 0 Å². The number of carbonyl (C=O) groups excluding carboxylic acids is 1. The number of hydrogen-bond donors (Lipinski definition) is 1. The van der Waals surface area contributed by atoms with Crippen LogP contribution in [-0.4, -0.2) is 49.7 Å². The number of carbonyl (C=O) groups is 1. The number of hydrogen-bond acceptors (Lipinski definition) is 3. The molecule has 19 heavy (non-hydrogen) atoms. The van der Waals surface area contributed by atoms with Gasteiger partial charge in [-0.3, -0.25) is 9.69 Å². The van der Waals surface area contributed by atoms with Gasteiger partial charge in [0.2, 0.25) is 5.91 Å². The van der Waals surface area contributed by atoms with Crippen LogP contribution in [0.2, 0.25) is 0 Å². The van der Waals surface area contributed by atoms with E-state index in [9.17, 15) is 4.79 Å². The minimum absolute atomic E-state index is 0.188. The molecule has 1 N–H and O–H groups in total. The van der Waals surface area contributed by atoms with Gasteiger partial charge < -0.3 is 10.1 Å². The molecule has 0 aromatic rings. The molecule has 0 radical (unpaired) electrons. The zero-order valence-electron chi connectivity index (χ0n) is 12.4. The number of amides is 1. The number of nitrogens with one attached hydrogen (secondary N) is 1. The van der Waals surface area contributed by atoms with E-state index in [2.05, 4.69) is 24.1 Å². The molecule has 1 aliphatic heterocycles. The van der Waals surface area contributed by atoms with Crippen molar-refractivity contribution in [3.8, 4) is 0 Å².